The Labute approximate surface area is 203 Å². The summed E-state index contributed by atoms with van der Waals surface area (Å²) in [5, 5.41) is 0.467. The Morgan fingerprint density at radius 3 is 2.45 bits per heavy atom. The van der Waals surface area contributed by atoms with Crippen LogP contribution in [-0.4, -0.2) is 55.5 Å². The van der Waals surface area contributed by atoms with E-state index in [1.54, 1.807) is 6.07 Å². The minimum atomic E-state index is -3.85. The molecule has 2 aliphatic rings. The lowest BCUT2D eigenvalue weighted by Crippen LogP contribution is -2.41. The van der Waals surface area contributed by atoms with Gasteiger partial charge in [0, 0.05) is 48.7 Å². The summed E-state index contributed by atoms with van der Waals surface area (Å²) in [6, 6.07) is 14.3. The van der Waals surface area contributed by atoms with Crippen LogP contribution in [0.3, 0.4) is 0 Å². The summed E-state index contributed by atoms with van der Waals surface area (Å²) in [5.74, 6) is 1.41. The van der Waals surface area contributed by atoms with Crippen LogP contribution in [0.15, 0.2) is 53.4 Å². The molecule has 172 valence electrons. The van der Waals surface area contributed by atoms with Crippen molar-refractivity contribution in [2.24, 2.45) is 0 Å². The molecule has 0 spiro atoms. The number of fused-ring (bicyclic) bond motifs is 1. The second-order valence-electron chi connectivity index (χ2n) is 7.92. The van der Waals surface area contributed by atoms with Crippen LogP contribution in [0.2, 0.25) is 10.0 Å². The molecule has 7 nitrogen and oxygen atoms in total. The number of halogens is 2. The predicted octanol–water partition coefficient (Wildman–Crippen LogP) is 4.03. The average Bonchev–Trinajstić information content (AvgIpc) is 2.85. The fourth-order valence-corrected chi connectivity index (χ4v) is 6.29. The number of nitrogens with zero attached hydrogens (tertiary/aromatic N) is 4. The van der Waals surface area contributed by atoms with Gasteiger partial charge >= 0.3 is 0 Å². The summed E-state index contributed by atoms with van der Waals surface area (Å²) >= 11 is 12.3. The molecule has 3 heterocycles. The van der Waals surface area contributed by atoms with Gasteiger partial charge in [-0.25, -0.2) is 18.4 Å². The Morgan fingerprint density at radius 2 is 1.70 bits per heavy atom. The zero-order valence-corrected chi connectivity index (χ0v) is 20.1. The summed E-state index contributed by atoms with van der Waals surface area (Å²) in [6.45, 7) is 3.03. The van der Waals surface area contributed by atoms with E-state index < -0.39 is 10.0 Å². The van der Waals surface area contributed by atoms with Crippen molar-refractivity contribution in [3.63, 3.8) is 0 Å². The van der Waals surface area contributed by atoms with E-state index in [1.807, 2.05) is 30.3 Å². The van der Waals surface area contributed by atoms with Crippen LogP contribution < -0.4 is 4.90 Å². The second-order valence-corrected chi connectivity index (χ2v) is 10.7. The van der Waals surface area contributed by atoms with Crippen molar-refractivity contribution in [3.05, 3.63) is 69.8 Å². The normalized spacial score (nSPS) is 17.1. The molecule has 2 aromatic carbocycles. The van der Waals surface area contributed by atoms with Gasteiger partial charge in [-0.1, -0.05) is 53.5 Å². The highest BCUT2D eigenvalue weighted by Gasteiger charge is 2.34. The highest BCUT2D eigenvalue weighted by molar-refractivity contribution is 7.89. The van der Waals surface area contributed by atoms with Gasteiger partial charge in [0.25, 0.3) is 0 Å². The number of hydrogen-bond donors (Lipinski definition) is 0. The maximum atomic E-state index is 13.5. The first kappa shape index (κ1) is 22.6. The molecule has 3 aromatic rings. The Kier molecular flexibility index (Phi) is 6.28. The lowest BCUT2D eigenvalue weighted by atomic mass is 10.1. The molecule has 0 N–H and O–H groups in total. The quantitative estimate of drug-likeness (QED) is 0.533. The highest BCUT2D eigenvalue weighted by atomic mass is 35.5. The number of aromatic nitrogens is 2. The first-order valence-corrected chi connectivity index (χ1v) is 12.9. The van der Waals surface area contributed by atoms with E-state index in [0.29, 0.717) is 50.1 Å². The molecule has 1 saturated heterocycles. The summed E-state index contributed by atoms with van der Waals surface area (Å²) in [6.07, 6.45) is 0.479. The third-order valence-corrected chi connectivity index (χ3v) is 8.42. The fourth-order valence-electron chi connectivity index (χ4n) is 4.14. The van der Waals surface area contributed by atoms with E-state index in [-0.39, 0.29) is 16.5 Å². The van der Waals surface area contributed by atoms with Crippen molar-refractivity contribution in [1.29, 1.82) is 0 Å². The first-order valence-electron chi connectivity index (χ1n) is 10.7. The van der Waals surface area contributed by atoms with Crippen LogP contribution in [0.5, 0.6) is 0 Å². The first-order chi connectivity index (χ1) is 15.9. The van der Waals surface area contributed by atoms with Crippen molar-refractivity contribution in [3.8, 4) is 11.4 Å². The average molecular weight is 505 g/mol. The SMILES string of the molecule is O=S(=O)(c1cc(Cl)ccc1Cl)N1CCc2nc(-c3ccccc3)nc(N3CCOCC3)c2C1. The number of hydrogen-bond acceptors (Lipinski definition) is 6. The molecule has 2 aliphatic heterocycles. The summed E-state index contributed by atoms with van der Waals surface area (Å²) in [4.78, 5) is 11.9. The van der Waals surface area contributed by atoms with Gasteiger partial charge in [-0.15, -0.1) is 0 Å². The molecule has 0 atom stereocenters. The van der Waals surface area contributed by atoms with Gasteiger partial charge in [0.15, 0.2) is 5.82 Å². The largest absolute Gasteiger partial charge is 0.378 e. The predicted molar refractivity (Wildman–Crippen MR) is 128 cm³/mol. The lowest BCUT2D eigenvalue weighted by Gasteiger charge is -2.34. The monoisotopic (exact) mass is 504 g/mol. The standard InChI is InChI=1S/C23H22Cl2N4O3S/c24-17-6-7-19(25)21(14-17)33(30,31)29-9-8-20-18(15-29)23(28-10-12-32-13-11-28)27-22(26-20)16-4-2-1-3-5-16/h1-7,14H,8-13,15H2. The number of benzene rings is 2. The Bertz CT molecular complexity index is 1280. The minimum absolute atomic E-state index is 0.00913. The number of sulfonamides is 1. The number of morpholine rings is 1. The maximum absolute atomic E-state index is 13.5. The second kappa shape index (κ2) is 9.19. The Balaban J connectivity index is 1.57. The van der Waals surface area contributed by atoms with Gasteiger partial charge in [-0.05, 0) is 18.2 Å². The third kappa shape index (κ3) is 4.46. The van der Waals surface area contributed by atoms with E-state index in [0.717, 1.165) is 22.6 Å². The lowest BCUT2D eigenvalue weighted by molar-refractivity contribution is 0.122. The van der Waals surface area contributed by atoms with E-state index in [9.17, 15) is 8.42 Å². The maximum Gasteiger partial charge on any atom is 0.244 e. The van der Waals surface area contributed by atoms with Gasteiger partial charge in [0.1, 0.15) is 10.7 Å². The fraction of sp³-hybridized carbons (Fsp3) is 0.304. The zero-order valence-electron chi connectivity index (χ0n) is 17.7. The van der Waals surface area contributed by atoms with Gasteiger partial charge in [-0.2, -0.15) is 4.31 Å². The molecule has 0 aliphatic carbocycles. The van der Waals surface area contributed by atoms with Crippen molar-refractivity contribution in [2.45, 2.75) is 17.9 Å². The van der Waals surface area contributed by atoms with Crippen molar-refractivity contribution >= 4 is 39.0 Å². The summed E-state index contributed by atoms with van der Waals surface area (Å²) in [7, 11) is -3.85. The van der Waals surface area contributed by atoms with Gasteiger partial charge < -0.3 is 9.64 Å². The van der Waals surface area contributed by atoms with E-state index >= 15 is 0 Å². The number of rotatable bonds is 4. The molecule has 0 amide bonds. The van der Waals surface area contributed by atoms with Crippen molar-refractivity contribution in [1.82, 2.24) is 14.3 Å². The Hall–Kier alpha value is -2.23. The third-order valence-electron chi connectivity index (χ3n) is 5.86. The molecule has 0 bridgehead atoms. The van der Waals surface area contributed by atoms with E-state index in [2.05, 4.69) is 4.90 Å². The van der Waals surface area contributed by atoms with Gasteiger partial charge in [0.2, 0.25) is 10.0 Å². The molecule has 1 aromatic heterocycles. The summed E-state index contributed by atoms with van der Waals surface area (Å²) < 4.78 is 33.9. The zero-order chi connectivity index (χ0) is 23.0. The molecule has 5 rings (SSSR count). The molecule has 0 radical (unpaired) electrons. The van der Waals surface area contributed by atoms with Crippen LogP contribution in [0.4, 0.5) is 5.82 Å². The van der Waals surface area contributed by atoms with Crippen LogP contribution in [0.1, 0.15) is 11.3 Å². The molecular formula is C23H22Cl2N4O3S. The van der Waals surface area contributed by atoms with Crippen molar-refractivity contribution < 1.29 is 13.2 Å². The molecule has 0 saturated carbocycles. The topological polar surface area (TPSA) is 75.6 Å². The minimum Gasteiger partial charge on any atom is -0.378 e. The Morgan fingerprint density at radius 1 is 0.939 bits per heavy atom. The van der Waals surface area contributed by atoms with Crippen LogP contribution in [0, 0.1) is 0 Å². The molecule has 10 heteroatoms. The molecule has 33 heavy (non-hydrogen) atoms. The van der Waals surface area contributed by atoms with Crippen LogP contribution >= 0.6 is 23.2 Å². The van der Waals surface area contributed by atoms with Crippen molar-refractivity contribution in [2.75, 3.05) is 37.7 Å². The highest BCUT2D eigenvalue weighted by Crippen LogP contribution is 2.34. The number of ether oxygens (including phenoxy) is 1. The molecule has 0 unspecified atom stereocenters. The molecule has 1 fully saturated rings. The van der Waals surface area contributed by atoms with Crippen LogP contribution in [0.25, 0.3) is 11.4 Å². The van der Waals surface area contributed by atoms with E-state index in [1.165, 1.54) is 16.4 Å². The molecular weight excluding hydrogens is 483 g/mol. The summed E-state index contributed by atoms with van der Waals surface area (Å²) in [5.41, 5.74) is 2.62. The van der Waals surface area contributed by atoms with Gasteiger partial charge in [-0.3, -0.25) is 0 Å². The van der Waals surface area contributed by atoms with Crippen LogP contribution in [-0.2, 0) is 27.7 Å². The number of anilines is 1. The smallest absolute Gasteiger partial charge is 0.244 e. The van der Waals surface area contributed by atoms with Gasteiger partial charge in [0.05, 0.1) is 23.9 Å². The van der Waals surface area contributed by atoms with E-state index in [4.69, 9.17) is 37.9 Å².